The molecule has 4 heterocycles. The van der Waals surface area contributed by atoms with E-state index in [1.807, 2.05) is 44.3 Å². The number of imide groups is 1. The zero-order valence-electron chi connectivity index (χ0n) is 19.7. The van der Waals surface area contributed by atoms with E-state index in [-0.39, 0.29) is 23.2 Å². The van der Waals surface area contributed by atoms with Crippen molar-refractivity contribution in [3.05, 3.63) is 62.4 Å². The van der Waals surface area contributed by atoms with Gasteiger partial charge in [0.1, 0.15) is 9.61 Å². The first kappa shape index (κ1) is 23.7. The van der Waals surface area contributed by atoms with Gasteiger partial charge in [-0.15, -0.1) is 11.3 Å². The monoisotopic (exact) mass is 543 g/mol. The first-order chi connectivity index (χ1) is 17.1. The van der Waals surface area contributed by atoms with Crippen LogP contribution < -0.4 is 4.72 Å². The quantitative estimate of drug-likeness (QED) is 0.467. The Morgan fingerprint density at radius 3 is 2.75 bits per heavy atom. The smallest absolute Gasteiger partial charge is 0.328 e. The van der Waals surface area contributed by atoms with Gasteiger partial charge in [-0.05, 0) is 55.8 Å². The van der Waals surface area contributed by atoms with E-state index in [9.17, 15) is 18.0 Å². The average Bonchev–Trinajstić information content (AvgIpc) is 3.25. The number of thioether (sulfide) groups is 1. The van der Waals surface area contributed by atoms with Crippen LogP contribution in [0.4, 0.5) is 4.79 Å². The number of hydrogen-bond acceptors (Lipinski definition) is 7. The third-order valence-electron chi connectivity index (χ3n) is 6.80. The number of carbonyl (C=O) groups is 2. The van der Waals surface area contributed by atoms with Crippen molar-refractivity contribution in [1.29, 1.82) is 0 Å². The maximum atomic E-state index is 13.7. The van der Waals surface area contributed by atoms with E-state index in [1.54, 1.807) is 11.1 Å². The van der Waals surface area contributed by atoms with Crippen molar-refractivity contribution in [2.24, 2.45) is 5.92 Å². The molecule has 36 heavy (non-hydrogen) atoms. The highest BCUT2D eigenvalue weighted by Gasteiger charge is 2.52. The molecule has 2 aliphatic heterocycles. The number of amides is 3. The van der Waals surface area contributed by atoms with E-state index in [1.165, 1.54) is 22.3 Å². The molecule has 2 unspecified atom stereocenters. The highest BCUT2D eigenvalue weighted by Crippen LogP contribution is 2.47. The summed E-state index contributed by atoms with van der Waals surface area (Å²) in [5, 5.41) is 1.27. The maximum Gasteiger partial charge on any atom is 0.328 e. The summed E-state index contributed by atoms with van der Waals surface area (Å²) in [4.78, 5) is 38.3. The molecule has 2 atom stereocenters. The summed E-state index contributed by atoms with van der Waals surface area (Å²) in [6.45, 7) is 4.09. The number of hydrogen-bond donors (Lipinski definition) is 2. The number of aromatic nitrogens is 2. The van der Waals surface area contributed by atoms with E-state index in [0.29, 0.717) is 0 Å². The van der Waals surface area contributed by atoms with Crippen molar-refractivity contribution in [3.63, 3.8) is 0 Å². The number of carbonyl (C=O) groups excluding carboxylic acids is 2. The summed E-state index contributed by atoms with van der Waals surface area (Å²) in [7, 11) is -3.79. The Balaban J connectivity index is 1.34. The summed E-state index contributed by atoms with van der Waals surface area (Å²) < 4.78 is 29.1. The van der Waals surface area contributed by atoms with E-state index >= 15 is 0 Å². The largest absolute Gasteiger partial charge is 0.361 e. The van der Waals surface area contributed by atoms with E-state index in [2.05, 4.69) is 14.7 Å². The molecule has 0 bridgehead atoms. The molecule has 3 aliphatic rings. The lowest BCUT2D eigenvalue weighted by atomic mass is 10.0. The predicted molar refractivity (Wildman–Crippen MR) is 139 cm³/mol. The van der Waals surface area contributed by atoms with Crippen LogP contribution in [0, 0.1) is 12.8 Å². The summed E-state index contributed by atoms with van der Waals surface area (Å²) in [5.74, 6) is -1.14. The Hall–Kier alpha value is -2.67. The minimum absolute atomic E-state index is 0.104. The fraction of sp³-hybridized carbons (Fsp3) is 0.375. The molecule has 1 saturated carbocycles. The van der Waals surface area contributed by atoms with Crippen LogP contribution >= 0.6 is 23.1 Å². The van der Waals surface area contributed by atoms with Gasteiger partial charge in [-0.1, -0.05) is 23.9 Å². The number of nitrogens with one attached hydrogen (secondary N) is 2. The van der Waals surface area contributed by atoms with Crippen LogP contribution in [-0.4, -0.2) is 51.0 Å². The second kappa shape index (κ2) is 8.44. The number of urea groups is 1. The number of fused-ring (bicyclic) bond motifs is 2. The van der Waals surface area contributed by atoms with Crippen LogP contribution in [0.2, 0.25) is 0 Å². The normalized spacial score (nSPS) is 23.3. The zero-order chi connectivity index (χ0) is 25.2. The van der Waals surface area contributed by atoms with Crippen LogP contribution in [0.5, 0.6) is 0 Å². The Bertz CT molecular complexity index is 1520. The minimum Gasteiger partial charge on any atom is -0.361 e. The van der Waals surface area contributed by atoms with Gasteiger partial charge >= 0.3 is 6.03 Å². The molecule has 2 fully saturated rings. The van der Waals surface area contributed by atoms with Gasteiger partial charge in [0.05, 0.1) is 17.5 Å². The van der Waals surface area contributed by atoms with E-state index in [4.69, 9.17) is 0 Å². The van der Waals surface area contributed by atoms with Crippen molar-refractivity contribution < 1.29 is 18.0 Å². The first-order valence-corrected chi connectivity index (χ1v) is 14.8. The standard InChI is InChI=1S/C24H25N5O4S3/c1-14-26-11-17(34-14)13-28-21(30)18-10-20(36(32,33)27-24(2)6-7-24)35-22(18)29(23(28)31)12-15-3-4-16-5-8-25-19(16)9-15/h3-5,8-11,18,22,25,27H,6-7,12-13H2,1-2H3. The number of aryl methyl sites for hydroxylation is 1. The fourth-order valence-corrected chi connectivity index (χ4v) is 8.68. The average molecular weight is 544 g/mol. The molecule has 2 N–H and O–H groups in total. The summed E-state index contributed by atoms with van der Waals surface area (Å²) >= 11 is 2.50. The molecule has 6 rings (SSSR count). The van der Waals surface area contributed by atoms with Crippen LogP contribution in [0.15, 0.2) is 47.0 Å². The van der Waals surface area contributed by atoms with Crippen molar-refractivity contribution in [2.45, 2.75) is 50.7 Å². The Morgan fingerprint density at radius 2 is 2.03 bits per heavy atom. The van der Waals surface area contributed by atoms with E-state index in [0.717, 1.165) is 51.0 Å². The second-order valence-electron chi connectivity index (χ2n) is 9.77. The molecule has 9 nitrogen and oxygen atoms in total. The lowest BCUT2D eigenvalue weighted by molar-refractivity contribution is -0.135. The molecular formula is C24H25N5O4S3. The van der Waals surface area contributed by atoms with Gasteiger partial charge in [-0.25, -0.2) is 22.9 Å². The van der Waals surface area contributed by atoms with E-state index < -0.39 is 32.9 Å². The SMILES string of the molecule is Cc1ncc(CN2C(=O)C3C=C(S(=O)(=O)NC4(C)CC4)SC3N(Cc3ccc4cc[nH]c4c3)C2=O)s1. The highest BCUT2D eigenvalue weighted by molar-refractivity contribution is 8.18. The van der Waals surface area contributed by atoms with Gasteiger partial charge < -0.3 is 9.88 Å². The van der Waals surface area contributed by atoms with Crippen LogP contribution in [0.3, 0.4) is 0 Å². The summed E-state index contributed by atoms with van der Waals surface area (Å²) in [5.41, 5.74) is 1.40. The van der Waals surface area contributed by atoms with Crippen molar-refractivity contribution in [3.8, 4) is 0 Å². The van der Waals surface area contributed by atoms with Gasteiger partial charge in [0, 0.05) is 34.9 Å². The molecular weight excluding hydrogens is 518 g/mol. The first-order valence-electron chi connectivity index (χ1n) is 11.6. The summed E-state index contributed by atoms with van der Waals surface area (Å²) in [6.07, 6.45) is 6.61. The second-order valence-corrected chi connectivity index (χ2v) is 14.2. The van der Waals surface area contributed by atoms with Crippen molar-refractivity contribution in [1.82, 2.24) is 24.5 Å². The number of benzene rings is 1. The fourth-order valence-electron chi connectivity index (χ4n) is 4.59. The number of thiazole rings is 1. The molecule has 1 saturated heterocycles. The van der Waals surface area contributed by atoms with Gasteiger partial charge in [-0.3, -0.25) is 9.69 Å². The molecule has 12 heteroatoms. The lowest BCUT2D eigenvalue weighted by Gasteiger charge is -2.41. The van der Waals surface area contributed by atoms with Gasteiger partial charge in [0.2, 0.25) is 15.9 Å². The zero-order valence-corrected chi connectivity index (χ0v) is 22.2. The number of rotatable bonds is 7. The molecule has 1 aliphatic carbocycles. The molecule has 188 valence electrons. The number of aromatic amines is 1. The maximum absolute atomic E-state index is 13.7. The van der Waals surface area contributed by atoms with Crippen LogP contribution in [-0.2, 0) is 27.9 Å². The topological polar surface area (TPSA) is 115 Å². The van der Waals surface area contributed by atoms with Crippen LogP contribution in [0.1, 0.15) is 35.2 Å². The number of nitrogens with zero attached hydrogens (tertiary/aromatic N) is 3. The minimum atomic E-state index is -3.79. The molecule has 1 aromatic carbocycles. The Labute approximate surface area is 217 Å². The highest BCUT2D eigenvalue weighted by atomic mass is 32.3. The number of H-pyrrole nitrogens is 1. The van der Waals surface area contributed by atoms with Gasteiger partial charge in [0.25, 0.3) is 0 Å². The summed E-state index contributed by atoms with van der Waals surface area (Å²) in [6, 6.07) is 7.45. The predicted octanol–water partition coefficient (Wildman–Crippen LogP) is 3.90. The Kier molecular flexibility index (Phi) is 5.56. The molecule has 2 aromatic heterocycles. The third kappa shape index (κ3) is 4.25. The van der Waals surface area contributed by atoms with Gasteiger partial charge in [-0.2, -0.15) is 0 Å². The lowest BCUT2D eigenvalue weighted by Crippen LogP contribution is -2.58. The molecule has 0 radical (unpaired) electrons. The van der Waals surface area contributed by atoms with Crippen LogP contribution in [0.25, 0.3) is 10.9 Å². The van der Waals surface area contributed by atoms with Crippen molar-refractivity contribution >= 4 is 56.0 Å². The van der Waals surface area contributed by atoms with Gasteiger partial charge in [0.15, 0.2) is 0 Å². The third-order valence-corrected chi connectivity index (χ3v) is 11.2. The Morgan fingerprint density at radius 1 is 1.22 bits per heavy atom. The number of sulfonamides is 1. The molecule has 0 spiro atoms. The molecule has 3 amide bonds. The van der Waals surface area contributed by atoms with Crippen molar-refractivity contribution in [2.75, 3.05) is 0 Å². The molecule has 3 aromatic rings.